The molecule has 3 N–H and O–H groups in total. The molecule has 1 aromatic carbocycles. The van der Waals surface area contributed by atoms with E-state index in [4.69, 9.17) is 10.5 Å². The first-order valence-electron chi connectivity index (χ1n) is 6.71. The van der Waals surface area contributed by atoms with Gasteiger partial charge in [0.15, 0.2) is 0 Å². The molecule has 1 aliphatic heterocycles. The van der Waals surface area contributed by atoms with E-state index in [9.17, 15) is 8.42 Å². The molecule has 0 radical (unpaired) electrons. The van der Waals surface area contributed by atoms with E-state index >= 15 is 0 Å². The van der Waals surface area contributed by atoms with E-state index in [1.807, 2.05) is 0 Å². The number of benzene rings is 1. The van der Waals surface area contributed by atoms with E-state index in [-0.39, 0.29) is 11.4 Å². The van der Waals surface area contributed by atoms with E-state index in [1.165, 1.54) is 0 Å². The molecule has 0 unspecified atom stereocenters. The minimum absolute atomic E-state index is 0.209. The normalized spacial score (nSPS) is 17.2. The quantitative estimate of drug-likeness (QED) is 0.757. The highest BCUT2D eigenvalue weighted by atomic mass is 32.2. The third-order valence-corrected chi connectivity index (χ3v) is 4.87. The highest BCUT2D eigenvalue weighted by Crippen LogP contribution is 2.14. The Hall–Kier alpha value is -0.990. The van der Waals surface area contributed by atoms with Crippen LogP contribution in [0.2, 0.25) is 0 Å². The smallest absolute Gasteiger partial charge is 0.240 e. The number of hydrogen-bond donors (Lipinski definition) is 2. The summed E-state index contributed by atoms with van der Waals surface area (Å²) in [5, 5.41) is 0. The van der Waals surface area contributed by atoms with Crippen molar-refractivity contribution in [1.29, 1.82) is 0 Å². The van der Waals surface area contributed by atoms with Gasteiger partial charge in [0, 0.05) is 32.7 Å². The summed E-state index contributed by atoms with van der Waals surface area (Å²) in [4.78, 5) is 2.45. The SMILES string of the molecule is NCc1ccccc1S(=O)(=O)NCCN1CCOCC1. The lowest BCUT2D eigenvalue weighted by Gasteiger charge is -2.26. The molecule has 20 heavy (non-hydrogen) atoms. The summed E-state index contributed by atoms with van der Waals surface area (Å²) in [6, 6.07) is 6.81. The van der Waals surface area contributed by atoms with Gasteiger partial charge in [-0.1, -0.05) is 18.2 Å². The van der Waals surface area contributed by atoms with Crippen LogP contribution in [0.25, 0.3) is 0 Å². The number of hydrogen-bond acceptors (Lipinski definition) is 5. The third kappa shape index (κ3) is 4.00. The van der Waals surface area contributed by atoms with Crippen LogP contribution in [-0.4, -0.2) is 52.7 Å². The second-order valence-corrected chi connectivity index (χ2v) is 6.40. The van der Waals surface area contributed by atoms with E-state index in [1.54, 1.807) is 24.3 Å². The van der Waals surface area contributed by atoms with Gasteiger partial charge in [-0.25, -0.2) is 13.1 Å². The first kappa shape index (κ1) is 15.4. The number of rotatable bonds is 6. The molecule has 0 aromatic heterocycles. The first-order chi connectivity index (χ1) is 9.63. The minimum atomic E-state index is -3.49. The minimum Gasteiger partial charge on any atom is -0.379 e. The lowest BCUT2D eigenvalue weighted by Crippen LogP contribution is -2.41. The van der Waals surface area contributed by atoms with Gasteiger partial charge in [-0.05, 0) is 11.6 Å². The third-order valence-electron chi connectivity index (χ3n) is 3.31. The molecule has 0 amide bonds. The van der Waals surface area contributed by atoms with E-state index < -0.39 is 10.0 Å². The van der Waals surface area contributed by atoms with Crippen LogP contribution >= 0.6 is 0 Å². The predicted molar refractivity (Wildman–Crippen MR) is 76.8 cm³/mol. The molecule has 0 saturated carbocycles. The van der Waals surface area contributed by atoms with Crippen LogP contribution < -0.4 is 10.5 Å². The fraction of sp³-hybridized carbons (Fsp3) is 0.538. The molecule has 1 aromatic rings. The monoisotopic (exact) mass is 299 g/mol. The van der Waals surface area contributed by atoms with Gasteiger partial charge in [0.1, 0.15) is 0 Å². The van der Waals surface area contributed by atoms with Crippen molar-refractivity contribution >= 4 is 10.0 Å². The fourth-order valence-corrected chi connectivity index (χ4v) is 3.45. The summed E-state index contributed by atoms with van der Waals surface area (Å²) >= 11 is 0. The van der Waals surface area contributed by atoms with Crippen LogP contribution in [0.5, 0.6) is 0 Å². The van der Waals surface area contributed by atoms with Crippen molar-refractivity contribution in [2.75, 3.05) is 39.4 Å². The summed E-state index contributed by atoms with van der Waals surface area (Å²) in [6.45, 7) is 4.41. The molecular formula is C13H21N3O3S. The summed E-state index contributed by atoms with van der Waals surface area (Å²) in [5.41, 5.74) is 6.21. The standard InChI is InChI=1S/C13H21N3O3S/c14-11-12-3-1-2-4-13(12)20(17,18)15-5-6-16-7-9-19-10-8-16/h1-4,15H,5-11,14H2. The van der Waals surface area contributed by atoms with Crippen molar-refractivity contribution in [3.05, 3.63) is 29.8 Å². The van der Waals surface area contributed by atoms with Crippen LogP contribution in [0.1, 0.15) is 5.56 Å². The van der Waals surface area contributed by atoms with Crippen LogP contribution in [0.15, 0.2) is 29.2 Å². The Kier molecular flexibility index (Phi) is 5.50. The molecule has 0 bridgehead atoms. The maximum Gasteiger partial charge on any atom is 0.240 e. The van der Waals surface area contributed by atoms with Crippen LogP contribution in [0.4, 0.5) is 0 Å². The van der Waals surface area contributed by atoms with Gasteiger partial charge in [0.05, 0.1) is 18.1 Å². The molecular weight excluding hydrogens is 278 g/mol. The maximum atomic E-state index is 12.2. The molecule has 0 atom stereocenters. The average Bonchev–Trinajstić information content (AvgIpc) is 2.48. The molecule has 112 valence electrons. The van der Waals surface area contributed by atoms with Gasteiger partial charge >= 0.3 is 0 Å². The summed E-state index contributed by atoms with van der Waals surface area (Å²) in [7, 11) is -3.49. The molecule has 2 rings (SSSR count). The van der Waals surface area contributed by atoms with Gasteiger partial charge in [0.25, 0.3) is 0 Å². The van der Waals surface area contributed by atoms with Crippen molar-refractivity contribution < 1.29 is 13.2 Å². The van der Waals surface area contributed by atoms with Gasteiger partial charge < -0.3 is 10.5 Å². The Balaban J connectivity index is 1.93. The molecule has 1 fully saturated rings. The number of sulfonamides is 1. The number of nitrogens with zero attached hydrogens (tertiary/aromatic N) is 1. The largest absolute Gasteiger partial charge is 0.379 e. The highest BCUT2D eigenvalue weighted by molar-refractivity contribution is 7.89. The topological polar surface area (TPSA) is 84.7 Å². The molecule has 1 aliphatic rings. The summed E-state index contributed by atoms with van der Waals surface area (Å²) in [6.07, 6.45) is 0. The molecule has 7 heteroatoms. The Bertz CT molecular complexity index is 527. The van der Waals surface area contributed by atoms with Crippen molar-refractivity contribution in [2.45, 2.75) is 11.4 Å². The van der Waals surface area contributed by atoms with Crippen molar-refractivity contribution in [1.82, 2.24) is 9.62 Å². The van der Waals surface area contributed by atoms with Crippen LogP contribution in [-0.2, 0) is 21.3 Å². The summed E-state index contributed by atoms with van der Waals surface area (Å²) in [5.74, 6) is 0. The van der Waals surface area contributed by atoms with Crippen molar-refractivity contribution in [3.8, 4) is 0 Å². The zero-order valence-corrected chi connectivity index (χ0v) is 12.2. The number of nitrogens with one attached hydrogen (secondary N) is 1. The molecule has 6 nitrogen and oxygen atoms in total. The molecule has 1 heterocycles. The fourth-order valence-electron chi connectivity index (χ4n) is 2.18. The second kappa shape index (κ2) is 7.14. The number of ether oxygens (including phenoxy) is 1. The number of morpholine rings is 1. The Morgan fingerprint density at radius 1 is 1.25 bits per heavy atom. The van der Waals surface area contributed by atoms with E-state index in [0.29, 0.717) is 31.9 Å². The first-order valence-corrected chi connectivity index (χ1v) is 8.19. The van der Waals surface area contributed by atoms with Crippen LogP contribution in [0, 0.1) is 0 Å². The van der Waals surface area contributed by atoms with Gasteiger partial charge in [-0.3, -0.25) is 4.90 Å². The predicted octanol–water partition coefficient (Wildman–Crippen LogP) is -0.244. The zero-order valence-electron chi connectivity index (χ0n) is 11.4. The average molecular weight is 299 g/mol. The van der Waals surface area contributed by atoms with Gasteiger partial charge in [-0.2, -0.15) is 0 Å². The second-order valence-electron chi connectivity index (χ2n) is 4.66. The van der Waals surface area contributed by atoms with Crippen molar-refractivity contribution in [2.24, 2.45) is 5.73 Å². The Labute approximate surface area is 120 Å². The lowest BCUT2D eigenvalue weighted by molar-refractivity contribution is 0.0390. The Morgan fingerprint density at radius 3 is 2.65 bits per heavy atom. The van der Waals surface area contributed by atoms with Crippen LogP contribution in [0.3, 0.4) is 0 Å². The highest BCUT2D eigenvalue weighted by Gasteiger charge is 2.17. The summed E-state index contributed by atoms with van der Waals surface area (Å²) < 4.78 is 32.4. The maximum absolute atomic E-state index is 12.2. The van der Waals surface area contributed by atoms with E-state index in [0.717, 1.165) is 13.1 Å². The molecule has 0 spiro atoms. The van der Waals surface area contributed by atoms with Gasteiger partial charge in [0.2, 0.25) is 10.0 Å². The number of nitrogens with two attached hydrogens (primary N) is 1. The van der Waals surface area contributed by atoms with E-state index in [2.05, 4.69) is 9.62 Å². The molecule has 1 saturated heterocycles. The van der Waals surface area contributed by atoms with Gasteiger partial charge in [-0.15, -0.1) is 0 Å². The van der Waals surface area contributed by atoms with Crippen molar-refractivity contribution in [3.63, 3.8) is 0 Å². The molecule has 0 aliphatic carbocycles. The zero-order chi connectivity index (χ0) is 14.4. The Morgan fingerprint density at radius 2 is 1.95 bits per heavy atom. The lowest BCUT2D eigenvalue weighted by atomic mass is 10.2.